The highest BCUT2D eigenvalue weighted by atomic mass is 16.5. The molecule has 0 spiro atoms. The zero-order valence-electron chi connectivity index (χ0n) is 12.1. The van der Waals surface area contributed by atoms with Crippen LogP contribution in [-0.2, 0) is 11.8 Å². The van der Waals surface area contributed by atoms with Crippen LogP contribution in [0.2, 0.25) is 0 Å². The molecule has 0 aliphatic heterocycles. The molecule has 5 heteroatoms. The molecule has 1 atom stereocenters. The number of nitrogens with one attached hydrogen (secondary N) is 1. The molecule has 0 aromatic carbocycles. The normalized spacial score (nSPS) is 13.1. The Morgan fingerprint density at radius 2 is 2.21 bits per heavy atom. The molecular weight excluding hydrogens is 240 g/mol. The van der Waals surface area contributed by atoms with Crippen molar-refractivity contribution in [1.82, 2.24) is 14.8 Å². The zero-order valence-corrected chi connectivity index (χ0v) is 12.1. The van der Waals surface area contributed by atoms with Gasteiger partial charge in [-0.1, -0.05) is 13.8 Å². The molecule has 19 heavy (non-hydrogen) atoms. The maximum Gasteiger partial charge on any atom is 0.159 e. The molecule has 0 aliphatic carbocycles. The summed E-state index contributed by atoms with van der Waals surface area (Å²) < 4.78 is 7.33. The first-order valence-electron chi connectivity index (χ1n) is 6.74. The number of ether oxygens (including phenoxy) is 1. The van der Waals surface area contributed by atoms with E-state index in [9.17, 15) is 0 Å². The Labute approximate surface area is 114 Å². The monoisotopic (exact) mass is 262 g/mol. The van der Waals surface area contributed by atoms with Gasteiger partial charge in [0.2, 0.25) is 0 Å². The number of hydrogen-bond donors (Lipinski definition) is 1. The molecule has 0 aliphatic rings. The average molecular weight is 262 g/mol. The van der Waals surface area contributed by atoms with E-state index in [2.05, 4.69) is 29.2 Å². The van der Waals surface area contributed by atoms with E-state index in [1.165, 1.54) is 0 Å². The van der Waals surface area contributed by atoms with Crippen molar-refractivity contribution in [2.24, 2.45) is 13.0 Å². The molecule has 0 amide bonds. The lowest BCUT2D eigenvalue weighted by Crippen LogP contribution is -2.31. The minimum absolute atomic E-state index is 0.283. The smallest absolute Gasteiger partial charge is 0.159 e. The lowest BCUT2D eigenvalue weighted by Gasteiger charge is -2.23. The largest absolute Gasteiger partial charge is 0.380 e. The summed E-state index contributed by atoms with van der Waals surface area (Å²) in [5.74, 6) is 0.492. The summed E-state index contributed by atoms with van der Waals surface area (Å²) in [6.07, 6.45) is 3.66. The van der Waals surface area contributed by atoms with Crippen LogP contribution in [0.25, 0.3) is 11.0 Å². The van der Waals surface area contributed by atoms with E-state index in [4.69, 9.17) is 4.74 Å². The molecular formula is C14H22N4O. The first kappa shape index (κ1) is 13.8. The zero-order chi connectivity index (χ0) is 13.8. The van der Waals surface area contributed by atoms with E-state index in [0.717, 1.165) is 23.3 Å². The van der Waals surface area contributed by atoms with Crippen molar-refractivity contribution < 1.29 is 4.74 Å². The van der Waals surface area contributed by atoms with Gasteiger partial charge in [0.25, 0.3) is 0 Å². The molecule has 104 valence electrons. The van der Waals surface area contributed by atoms with Crippen LogP contribution >= 0.6 is 0 Å². The van der Waals surface area contributed by atoms with Gasteiger partial charge >= 0.3 is 0 Å². The van der Waals surface area contributed by atoms with E-state index in [0.29, 0.717) is 12.5 Å². The van der Waals surface area contributed by atoms with Crippen LogP contribution in [0, 0.1) is 5.92 Å². The lowest BCUT2D eigenvalue weighted by atomic mass is 10.0. The van der Waals surface area contributed by atoms with Crippen LogP contribution in [0.5, 0.6) is 0 Å². The summed E-state index contributed by atoms with van der Waals surface area (Å²) in [6, 6.07) is 2.27. The second-order valence-corrected chi connectivity index (χ2v) is 5.02. The van der Waals surface area contributed by atoms with Gasteiger partial charge in [-0.25, -0.2) is 4.98 Å². The summed E-state index contributed by atoms with van der Waals surface area (Å²) in [6.45, 7) is 7.85. The fraction of sp³-hybridized carbons (Fsp3) is 0.571. The van der Waals surface area contributed by atoms with Crippen LogP contribution in [0.15, 0.2) is 18.5 Å². The van der Waals surface area contributed by atoms with Crippen molar-refractivity contribution in [2.45, 2.75) is 26.8 Å². The summed E-state index contributed by atoms with van der Waals surface area (Å²) in [5.41, 5.74) is 1.96. The Morgan fingerprint density at radius 1 is 1.42 bits per heavy atom. The molecule has 0 radical (unpaired) electrons. The van der Waals surface area contributed by atoms with Gasteiger partial charge in [0.05, 0.1) is 24.2 Å². The summed E-state index contributed by atoms with van der Waals surface area (Å²) in [4.78, 5) is 4.34. The number of rotatable bonds is 6. The van der Waals surface area contributed by atoms with E-state index < -0.39 is 0 Å². The number of anilines is 1. The van der Waals surface area contributed by atoms with Gasteiger partial charge < -0.3 is 10.1 Å². The fourth-order valence-electron chi connectivity index (χ4n) is 2.02. The van der Waals surface area contributed by atoms with E-state index in [1.54, 1.807) is 4.68 Å². The van der Waals surface area contributed by atoms with Gasteiger partial charge in [0, 0.05) is 25.5 Å². The van der Waals surface area contributed by atoms with Gasteiger partial charge in [-0.3, -0.25) is 4.68 Å². The topological polar surface area (TPSA) is 52.0 Å². The summed E-state index contributed by atoms with van der Waals surface area (Å²) in [7, 11) is 1.90. The Hall–Kier alpha value is -1.62. The highest BCUT2D eigenvalue weighted by Gasteiger charge is 2.15. The molecule has 2 aromatic rings. The highest BCUT2D eigenvalue weighted by Crippen LogP contribution is 2.22. The van der Waals surface area contributed by atoms with Crippen molar-refractivity contribution in [1.29, 1.82) is 0 Å². The number of aromatic nitrogens is 3. The first-order chi connectivity index (χ1) is 9.13. The SMILES string of the molecule is CCOCC(Nc1ccnc2c1cnn2C)C(C)C. The van der Waals surface area contributed by atoms with Crippen LogP contribution in [0.1, 0.15) is 20.8 Å². The Morgan fingerprint density at radius 3 is 2.89 bits per heavy atom. The van der Waals surface area contributed by atoms with Crippen LogP contribution < -0.4 is 5.32 Å². The van der Waals surface area contributed by atoms with Crippen molar-refractivity contribution in [3.63, 3.8) is 0 Å². The lowest BCUT2D eigenvalue weighted by molar-refractivity contribution is 0.127. The third-order valence-corrected chi connectivity index (χ3v) is 3.28. The van der Waals surface area contributed by atoms with E-state index in [-0.39, 0.29) is 6.04 Å². The van der Waals surface area contributed by atoms with Gasteiger partial charge in [-0.15, -0.1) is 0 Å². The number of fused-ring (bicyclic) bond motifs is 1. The predicted octanol–water partition coefficient (Wildman–Crippen LogP) is 2.44. The molecule has 5 nitrogen and oxygen atoms in total. The molecule has 0 fully saturated rings. The average Bonchev–Trinajstić information content (AvgIpc) is 2.77. The number of hydrogen-bond acceptors (Lipinski definition) is 4. The molecule has 1 unspecified atom stereocenters. The van der Waals surface area contributed by atoms with E-state index in [1.807, 2.05) is 32.4 Å². The number of pyridine rings is 1. The predicted molar refractivity (Wildman–Crippen MR) is 77.3 cm³/mol. The highest BCUT2D eigenvalue weighted by molar-refractivity contribution is 5.88. The molecule has 2 rings (SSSR count). The fourth-order valence-corrected chi connectivity index (χ4v) is 2.02. The maximum absolute atomic E-state index is 5.55. The minimum Gasteiger partial charge on any atom is -0.380 e. The Bertz CT molecular complexity index is 535. The maximum atomic E-state index is 5.55. The van der Waals surface area contributed by atoms with Gasteiger partial charge in [0.15, 0.2) is 5.65 Å². The quantitative estimate of drug-likeness (QED) is 0.868. The molecule has 0 saturated heterocycles. The van der Waals surface area contributed by atoms with Crippen LogP contribution in [0.4, 0.5) is 5.69 Å². The number of aryl methyl sites for hydroxylation is 1. The van der Waals surface area contributed by atoms with Crippen molar-refractivity contribution in [2.75, 3.05) is 18.5 Å². The van der Waals surface area contributed by atoms with Gasteiger partial charge in [-0.05, 0) is 18.9 Å². The van der Waals surface area contributed by atoms with Gasteiger partial charge in [-0.2, -0.15) is 5.10 Å². The third kappa shape index (κ3) is 3.04. The van der Waals surface area contributed by atoms with E-state index >= 15 is 0 Å². The van der Waals surface area contributed by atoms with Crippen molar-refractivity contribution in [3.8, 4) is 0 Å². The molecule has 0 saturated carbocycles. The van der Waals surface area contributed by atoms with Crippen LogP contribution in [0.3, 0.4) is 0 Å². The second kappa shape index (κ2) is 6.02. The molecule has 2 heterocycles. The van der Waals surface area contributed by atoms with Crippen LogP contribution in [-0.4, -0.2) is 34.0 Å². The van der Waals surface area contributed by atoms with Crippen molar-refractivity contribution >= 4 is 16.7 Å². The number of nitrogens with zero attached hydrogens (tertiary/aromatic N) is 3. The summed E-state index contributed by atoms with van der Waals surface area (Å²) in [5, 5.41) is 8.85. The summed E-state index contributed by atoms with van der Waals surface area (Å²) >= 11 is 0. The first-order valence-corrected chi connectivity index (χ1v) is 6.74. The molecule has 2 aromatic heterocycles. The van der Waals surface area contributed by atoms with Crippen molar-refractivity contribution in [3.05, 3.63) is 18.5 Å². The standard InChI is InChI=1S/C14H22N4O/c1-5-19-9-13(10(2)3)17-12-6-7-15-14-11(12)8-16-18(14)4/h6-8,10,13H,5,9H2,1-4H3,(H,15,17). The Balaban J connectivity index is 2.23. The minimum atomic E-state index is 0.283. The Kier molecular flexibility index (Phi) is 4.37. The molecule has 0 bridgehead atoms. The second-order valence-electron chi connectivity index (χ2n) is 5.02. The molecule has 1 N–H and O–H groups in total. The third-order valence-electron chi connectivity index (χ3n) is 3.28. The van der Waals surface area contributed by atoms with Gasteiger partial charge in [0.1, 0.15) is 0 Å².